The zero-order valence-electron chi connectivity index (χ0n) is 24.3. The maximum Gasteiger partial charge on any atom is 0.234 e. The number of hydrogen-bond acceptors (Lipinski definition) is 6. The van der Waals surface area contributed by atoms with Crippen LogP contribution in [0.25, 0.3) is 21.8 Å². The minimum Gasteiger partial charge on any atom is -0.497 e. The highest BCUT2D eigenvalue weighted by Crippen LogP contribution is 2.29. The maximum absolute atomic E-state index is 12.7. The van der Waals surface area contributed by atoms with Crippen molar-refractivity contribution < 1.29 is 14.3 Å². The molecule has 1 atom stereocenters. The quantitative estimate of drug-likeness (QED) is 0.170. The topological polar surface area (TPSA) is 136 Å². The summed E-state index contributed by atoms with van der Waals surface area (Å²) >= 11 is 0. The van der Waals surface area contributed by atoms with Crippen LogP contribution in [0.4, 0.5) is 0 Å². The van der Waals surface area contributed by atoms with Gasteiger partial charge in [-0.2, -0.15) is 0 Å². The van der Waals surface area contributed by atoms with Crippen LogP contribution in [0.2, 0.25) is 0 Å². The molecular formula is C33H35N7O3. The molecule has 10 heteroatoms. The van der Waals surface area contributed by atoms with E-state index in [0.29, 0.717) is 36.7 Å². The van der Waals surface area contributed by atoms with Crippen LogP contribution in [0, 0.1) is 0 Å². The van der Waals surface area contributed by atoms with E-state index >= 15 is 0 Å². The summed E-state index contributed by atoms with van der Waals surface area (Å²) in [4.78, 5) is 19.4. The average Bonchev–Trinajstić information content (AvgIpc) is 3.77. The number of rotatable bonds is 12. The van der Waals surface area contributed by atoms with E-state index in [1.54, 1.807) is 14.2 Å². The second-order valence-corrected chi connectivity index (χ2v) is 10.5. The molecule has 5 N–H and O–H groups in total. The Morgan fingerprint density at radius 2 is 1.58 bits per heavy atom. The number of aromatic amines is 2. The van der Waals surface area contributed by atoms with Gasteiger partial charge in [0.15, 0.2) is 5.82 Å². The van der Waals surface area contributed by atoms with Crippen molar-refractivity contribution in [1.82, 2.24) is 30.0 Å². The number of H-pyrrole nitrogens is 2. The van der Waals surface area contributed by atoms with Crippen molar-refractivity contribution in [2.45, 2.75) is 31.8 Å². The molecule has 0 fully saturated rings. The van der Waals surface area contributed by atoms with Gasteiger partial charge in [-0.15, -0.1) is 10.2 Å². The van der Waals surface area contributed by atoms with E-state index in [9.17, 15) is 4.79 Å². The summed E-state index contributed by atoms with van der Waals surface area (Å²) < 4.78 is 13.2. The van der Waals surface area contributed by atoms with Gasteiger partial charge in [0.25, 0.3) is 0 Å². The van der Waals surface area contributed by atoms with E-state index in [1.807, 2.05) is 54.7 Å². The van der Waals surface area contributed by atoms with E-state index in [0.717, 1.165) is 39.8 Å². The van der Waals surface area contributed by atoms with Crippen molar-refractivity contribution in [3.8, 4) is 11.5 Å². The number of nitrogens with zero attached hydrogens (tertiary/aromatic N) is 3. The molecule has 0 saturated carbocycles. The summed E-state index contributed by atoms with van der Waals surface area (Å²) in [6.07, 6.45) is 5.97. The molecule has 10 nitrogen and oxygen atoms in total. The predicted octanol–water partition coefficient (Wildman–Crippen LogP) is 4.45. The van der Waals surface area contributed by atoms with Crippen LogP contribution >= 0.6 is 0 Å². The Morgan fingerprint density at radius 1 is 0.884 bits per heavy atom. The lowest BCUT2D eigenvalue weighted by atomic mass is 10.0. The Balaban J connectivity index is 1.39. The normalized spacial score (nSPS) is 12.1. The Morgan fingerprint density at radius 3 is 2.28 bits per heavy atom. The van der Waals surface area contributed by atoms with Crippen molar-refractivity contribution in [2.75, 3.05) is 20.8 Å². The van der Waals surface area contributed by atoms with E-state index in [4.69, 9.17) is 15.2 Å². The number of nitrogens with one attached hydrogen (secondary N) is 3. The molecule has 0 aliphatic heterocycles. The summed E-state index contributed by atoms with van der Waals surface area (Å²) in [7, 11) is 3.27. The minimum atomic E-state index is -0.464. The number of carbonyl (C=O) groups is 1. The van der Waals surface area contributed by atoms with Crippen molar-refractivity contribution in [3.05, 3.63) is 107 Å². The Bertz CT molecular complexity index is 1870. The van der Waals surface area contributed by atoms with Crippen LogP contribution < -0.4 is 20.5 Å². The standard InChI is InChI=1S/C33H35N7O3/c1-42-24-13-11-22(30(16-24)43-2)20-40-31(14-12-21-18-35-27-9-5-3-7-25(21)27)38-39-33(40)29(37-32(41)17-34)15-23-19-36-28-10-6-4-8-26(23)28/h3-11,13,16,18-19,29,35-36H,12,14-15,17,20,34H2,1-2H3,(H,37,41)/t29-/m1/s1. The highest BCUT2D eigenvalue weighted by Gasteiger charge is 2.25. The van der Waals surface area contributed by atoms with E-state index in [-0.39, 0.29) is 12.5 Å². The number of hydrogen-bond donors (Lipinski definition) is 4. The molecule has 1 amide bonds. The first-order valence-corrected chi connectivity index (χ1v) is 14.3. The number of fused-ring (bicyclic) bond motifs is 2. The van der Waals surface area contributed by atoms with Crippen molar-refractivity contribution >= 4 is 27.7 Å². The molecule has 0 radical (unpaired) electrons. The maximum atomic E-state index is 12.7. The van der Waals surface area contributed by atoms with Gasteiger partial charge in [0.1, 0.15) is 17.3 Å². The third kappa shape index (κ3) is 5.82. The molecule has 43 heavy (non-hydrogen) atoms. The molecule has 0 saturated heterocycles. The largest absolute Gasteiger partial charge is 0.497 e. The predicted molar refractivity (Wildman–Crippen MR) is 166 cm³/mol. The van der Waals surface area contributed by atoms with Crippen molar-refractivity contribution in [1.29, 1.82) is 0 Å². The lowest BCUT2D eigenvalue weighted by Gasteiger charge is -2.21. The van der Waals surface area contributed by atoms with E-state index in [1.165, 1.54) is 10.9 Å². The molecule has 3 aromatic heterocycles. The van der Waals surface area contributed by atoms with Gasteiger partial charge in [0, 0.05) is 58.7 Å². The number of aryl methyl sites for hydroxylation is 2. The first-order valence-electron chi connectivity index (χ1n) is 14.3. The highest BCUT2D eigenvalue weighted by molar-refractivity contribution is 5.84. The van der Waals surface area contributed by atoms with Crippen LogP contribution in [-0.4, -0.2) is 51.4 Å². The Kier molecular flexibility index (Phi) is 8.10. The third-order valence-electron chi connectivity index (χ3n) is 7.90. The smallest absolute Gasteiger partial charge is 0.234 e. The summed E-state index contributed by atoms with van der Waals surface area (Å²) in [5.74, 6) is 2.60. The Labute approximate surface area is 249 Å². The fraction of sp³-hybridized carbons (Fsp3) is 0.242. The molecule has 0 aliphatic rings. The van der Waals surface area contributed by atoms with Crippen molar-refractivity contribution in [3.63, 3.8) is 0 Å². The number of aromatic nitrogens is 5. The number of amides is 1. The number of methoxy groups -OCH3 is 2. The third-order valence-corrected chi connectivity index (χ3v) is 7.90. The molecular weight excluding hydrogens is 542 g/mol. The number of para-hydroxylation sites is 2. The second kappa shape index (κ2) is 12.4. The van der Waals surface area contributed by atoms with E-state index in [2.05, 4.69) is 54.4 Å². The monoisotopic (exact) mass is 577 g/mol. The summed E-state index contributed by atoms with van der Waals surface area (Å²) in [6, 6.07) is 21.7. The highest BCUT2D eigenvalue weighted by atomic mass is 16.5. The fourth-order valence-electron chi connectivity index (χ4n) is 5.68. The summed E-state index contributed by atoms with van der Waals surface area (Å²) in [5, 5.41) is 14.8. The average molecular weight is 578 g/mol. The van der Waals surface area contributed by atoms with Gasteiger partial charge in [-0.3, -0.25) is 4.79 Å². The number of nitrogens with two attached hydrogens (primary N) is 1. The minimum absolute atomic E-state index is 0.127. The zero-order valence-corrected chi connectivity index (χ0v) is 24.3. The molecule has 3 aromatic carbocycles. The number of ether oxygens (including phenoxy) is 2. The molecule has 0 spiro atoms. The summed E-state index contributed by atoms with van der Waals surface area (Å²) in [5.41, 5.74) is 11.1. The van der Waals surface area contributed by atoms with E-state index < -0.39 is 6.04 Å². The van der Waals surface area contributed by atoms with Crippen LogP contribution in [0.1, 0.15) is 34.4 Å². The first kappa shape index (κ1) is 28.0. The second-order valence-electron chi connectivity index (χ2n) is 10.5. The summed E-state index contributed by atoms with van der Waals surface area (Å²) in [6.45, 7) is 0.319. The first-order chi connectivity index (χ1) is 21.1. The lowest BCUT2D eigenvalue weighted by molar-refractivity contribution is -0.120. The molecule has 0 bridgehead atoms. The number of carbonyl (C=O) groups excluding carboxylic acids is 1. The van der Waals surface area contributed by atoms with Crippen molar-refractivity contribution in [2.24, 2.45) is 5.73 Å². The number of benzene rings is 3. The molecule has 0 aliphatic carbocycles. The zero-order chi connectivity index (χ0) is 29.8. The SMILES string of the molecule is COc1ccc(Cn2c(CCc3c[nH]c4ccccc34)nnc2[C@@H](Cc2c[nH]c3ccccc23)NC(=O)CN)c(OC)c1. The molecule has 220 valence electrons. The molecule has 3 heterocycles. The van der Waals surface area contributed by atoms with Crippen LogP contribution in [0.5, 0.6) is 11.5 Å². The van der Waals surface area contributed by atoms with Gasteiger partial charge >= 0.3 is 0 Å². The van der Waals surface area contributed by atoms with Gasteiger partial charge in [0.2, 0.25) is 5.91 Å². The van der Waals surface area contributed by atoms with Gasteiger partial charge in [-0.25, -0.2) is 0 Å². The van der Waals surface area contributed by atoms with Gasteiger partial charge < -0.3 is 35.1 Å². The molecule has 0 unspecified atom stereocenters. The molecule has 6 rings (SSSR count). The van der Waals surface area contributed by atoms with Gasteiger partial charge in [-0.1, -0.05) is 36.4 Å². The van der Waals surface area contributed by atoms with Gasteiger partial charge in [0.05, 0.1) is 33.4 Å². The fourth-order valence-corrected chi connectivity index (χ4v) is 5.68. The van der Waals surface area contributed by atoms with Crippen LogP contribution in [-0.2, 0) is 30.6 Å². The lowest BCUT2D eigenvalue weighted by Crippen LogP contribution is -2.36. The molecule has 6 aromatic rings. The van der Waals surface area contributed by atoms with Crippen LogP contribution in [0.15, 0.2) is 79.1 Å². The van der Waals surface area contributed by atoms with Crippen LogP contribution in [0.3, 0.4) is 0 Å². The van der Waals surface area contributed by atoms with Gasteiger partial charge in [-0.05, 0) is 41.8 Å². The Hall–Kier alpha value is -5.09.